The molecule has 0 aromatic heterocycles. The lowest BCUT2D eigenvalue weighted by Gasteiger charge is -2.27. The lowest BCUT2D eigenvalue weighted by atomic mass is 9.91. The van der Waals surface area contributed by atoms with Crippen LogP contribution in [0.15, 0.2) is 18.2 Å². The highest BCUT2D eigenvalue weighted by atomic mass is 16.6. The van der Waals surface area contributed by atoms with E-state index in [4.69, 9.17) is 9.47 Å². The molecule has 1 aromatic rings. The van der Waals surface area contributed by atoms with Crippen LogP contribution in [0, 0.1) is 16.0 Å². The average molecular weight is 267 g/mol. The molecule has 6 heteroatoms. The fourth-order valence-corrected chi connectivity index (χ4v) is 2.27. The topological polar surface area (TPSA) is 81.8 Å². The summed E-state index contributed by atoms with van der Waals surface area (Å²) in [5, 5.41) is 20.7. The summed E-state index contributed by atoms with van der Waals surface area (Å²) < 4.78 is 10.4. The summed E-state index contributed by atoms with van der Waals surface area (Å²) in [6, 6.07) is 4.66. The smallest absolute Gasteiger partial charge is 0.273 e. The number of hydrogen-bond acceptors (Lipinski definition) is 5. The molecule has 2 rings (SSSR count). The number of methoxy groups -OCH3 is 1. The number of nitrogens with zero attached hydrogens (tertiary/aromatic N) is 1. The van der Waals surface area contributed by atoms with Gasteiger partial charge in [0.05, 0.1) is 30.8 Å². The Balaban J connectivity index is 2.18. The lowest BCUT2D eigenvalue weighted by molar-refractivity contribution is -0.385. The molecule has 1 fully saturated rings. The number of rotatable bonds is 4. The van der Waals surface area contributed by atoms with Gasteiger partial charge < -0.3 is 14.6 Å². The van der Waals surface area contributed by atoms with Crippen molar-refractivity contribution in [2.75, 3.05) is 20.3 Å². The minimum atomic E-state index is -0.445. The van der Waals surface area contributed by atoms with Gasteiger partial charge in [0.15, 0.2) is 0 Å². The number of ether oxygens (including phenoxy) is 2. The van der Waals surface area contributed by atoms with Gasteiger partial charge in [-0.1, -0.05) is 0 Å². The fraction of sp³-hybridized carbons (Fsp3) is 0.538. The van der Waals surface area contributed by atoms with E-state index in [0.29, 0.717) is 31.8 Å². The maximum Gasteiger partial charge on any atom is 0.273 e. The highest BCUT2D eigenvalue weighted by molar-refractivity contribution is 5.43. The van der Waals surface area contributed by atoms with E-state index in [1.54, 1.807) is 6.07 Å². The molecule has 0 radical (unpaired) electrons. The zero-order valence-corrected chi connectivity index (χ0v) is 10.7. The molecule has 0 saturated carbocycles. The lowest BCUT2D eigenvalue weighted by Crippen LogP contribution is -2.33. The molecule has 0 bridgehead atoms. The number of non-ortho nitro benzene ring substituents is 1. The molecule has 1 heterocycles. The summed E-state index contributed by atoms with van der Waals surface area (Å²) in [6.45, 7) is 1.04. The first-order valence-electron chi connectivity index (χ1n) is 6.18. The van der Waals surface area contributed by atoms with E-state index >= 15 is 0 Å². The molecule has 6 nitrogen and oxygen atoms in total. The van der Waals surface area contributed by atoms with Crippen molar-refractivity contribution in [1.82, 2.24) is 0 Å². The van der Waals surface area contributed by atoms with E-state index in [2.05, 4.69) is 0 Å². The van der Waals surface area contributed by atoms with Gasteiger partial charge >= 0.3 is 0 Å². The minimum Gasteiger partial charge on any atom is -0.496 e. The SMILES string of the molecule is COc1cc(CC2COCCC2O)cc([N+](=O)[O-])c1. The number of aliphatic hydroxyl groups excluding tert-OH is 1. The third-order valence-electron chi connectivity index (χ3n) is 3.33. The van der Waals surface area contributed by atoms with Crippen molar-refractivity contribution < 1.29 is 19.5 Å². The van der Waals surface area contributed by atoms with Crippen molar-refractivity contribution in [3.63, 3.8) is 0 Å². The monoisotopic (exact) mass is 267 g/mol. The third-order valence-corrected chi connectivity index (χ3v) is 3.33. The Hall–Kier alpha value is -1.66. The van der Waals surface area contributed by atoms with E-state index < -0.39 is 11.0 Å². The van der Waals surface area contributed by atoms with Crippen LogP contribution in [-0.2, 0) is 11.2 Å². The second-order valence-corrected chi connectivity index (χ2v) is 4.69. The van der Waals surface area contributed by atoms with Crippen molar-refractivity contribution >= 4 is 5.69 Å². The van der Waals surface area contributed by atoms with Gasteiger partial charge in [0, 0.05) is 18.6 Å². The zero-order chi connectivity index (χ0) is 13.8. The van der Waals surface area contributed by atoms with Gasteiger partial charge in [0.1, 0.15) is 5.75 Å². The molecular formula is C13H17NO5. The van der Waals surface area contributed by atoms with Gasteiger partial charge in [-0.3, -0.25) is 10.1 Å². The van der Waals surface area contributed by atoms with Crippen LogP contribution in [0.25, 0.3) is 0 Å². The molecule has 0 aliphatic carbocycles. The molecular weight excluding hydrogens is 250 g/mol. The number of benzene rings is 1. The van der Waals surface area contributed by atoms with Crippen LogP contribution in [0.1, 0.15) is 12.0 Å². The molecule has 19 heavy (non-hydrogen) atoms. The summed E-state index contributed by atoms with van der Waals surface area (Å²) in [6.07, 6.45) is 0.731. The molecule has 2 atom stereocenters. The maximum atomic E-state index is 10.9. The molecule has 1 saturated heterocycles. The quantitative estimate of drug-likeness (QED) is 0.661. The molecule has 0 amide bonds. The number of aliphatic hydroxyl groups is 1. The Labute approximate surface area is 111 Å². The largest absolute Gasteiger partial charge is 0.496 e. The normalized spacial score (nSPS) is 23.1. The van der Waals surface area contributed by atoms with Crippen molar-refractivity contribution in [2.45, 2.75) is 18.9 Å². The van der Waals surface area contributed by atoms with E-state index in [-0.39, 0.29) is 11.6 Å². The second-order valence-electron chi connectivity index (χ2n) is 4.69. The van der Waals surface area contributed by atoms with Crippen LogP contribution < -0.4 is 4.74 Å². The van der Waals surface area contributed by atoms with Crippen LogP contribution in [0.3, 0.4) is 0 Å². The molecule has 2 unspecified atom stereocenters. The average Bonchev–Trinajstić information content (AvgIpc) is 2.41. The first-order valence-corrected chi connectivity index (χ1v) is 6.18. The van der Waals surface area contributed by atoms with Gasteiger partial charge in [-0.25, -0.2) is 0 Å². The number of nitro benzene ring substituents is 1. The van der Waals surface area contributed by atoms with Crippen LogP contribution in [-0.4, -0.2) is 36.5 Å². The van der Waals surface area contributed by atoms with Crippen LogP contribution in [0.4, 0.5) is 5.69 Å². The van der Waals surface area contributed by atoms with E-state index in [1.165, 1.54) is 19.2 Å². The Bertz CT molecular complexity index is 462. The molecule has 1 aromatic carbocycles. The highest BCUT2D eigenvalue weighted by Gasteiger charge is 2.24. The number of hydrogen-bond donors (Lipinski definition) is 1. The van der Waals surface area contributed by atoms with Crippen molar-refractivity contribution in [2.24, 2.45) is 5.92 Å². The van der Waals surface area contributed by atoms with E-state index in [1.807, 2.05) is 0 Å². The molecule has 0 spiro atoms. The van der Waals surface area contributed by atoms with Gasteiger partial charge in [-0.05, 0) is 24.5 Å². The van der Waals surface area contributed by atoms with Crippen molar-refractivity contribution in [3.05, 3.63) is 33.9 Å². The predicted molar refractivity (Wildman–Crippen MR) is 68.3 cm³/mol. The Morgan fingerprint density at radius 1 is 1.53 bits per heavy atom. The third kappa shape index (κ3) is 3.42. The maximum absolute atomic E-state index is 10.9. The van der Waals surface area contributed by atoms with Crippen molar-refractivity contribution in [3.8, 4) is 5.75 Å². The zero-order valence-electron chi connectivity index (χ0n) is 10.7. The van der Waals surface area contributed by atoms with E-state index in [9.17, 15) is 15.2 Å². The Morgan fingerprint density at radius 3 is 2.95 bits per heavy atom. The second kappa shape index (κ2) is 5.99. The summed E-state index contributed by atoms with van der Waals surface area (Å²) in [4.78, 5) is 10.4. The summed E-state index contributed by atoms with van der Waals surface area (Å²) >= 11 is 0. The first-order chi connectivity index (χ1) is 9.10. The molecule has 1 aliphatic heterocycles. The van der Waals surface area contributed by atoms with Crippen LogP contribution >= 0.6 is 0 Å². The fourth-order valence-electron chi connectivity index (χ4n) is 2.27. The number of nitro groups is 1. The standard InChI is InChI=1S/C13H17NO5/c1-18-12-6-9(5-11(7-12)14(16)17)4-10-8-19-3-2-13(10)15/h5-7,10,13,15H,2-4,8H2,1H3. The Kier molecular flexibility index (Phi) is 4.34. The summed E-state index contributed by atoms with van der Waals surface area (Å²) in [5.74, 6) is 0.427. The van der Waals surface area contributed by atoms with Gasteiger partial charge in [-0.15, -0.1) is 0 Å². The summed E-state index contributed by atoms with van der Waals surface area (Å²) in [5.41, 5.74) is 0.779. The van der Waals surface area contributed by atoms with Gasteiger partial charge in [0.2, 0.25) is 0 Å². The molecule has 1 aliphatic rings. The van der Waals surface area contributed by atoms with E-state index in [0.717, 1.165) is 5.56 Å². The van der Waals surface area contributed by atoms with Gasteiger partial charge in [0.25, 0.3) is 5.69 Å². The minimum absolute atomic E-state index is 0.000526. The van der Waals surface area contributed by atoms with Crippen LogP contribution in [0.2, 0.25) is 0 Å². The first kappa shape index (κ1) is 13.8. The summed E-state index contributed by atoms with van der Waals surface area (Å²) in [7, 11) is 1.47. The predicted octanol–water partition coefficient (Wildman–Crippen LogP) is 1.54. The van der Waals surface area contributed by atoms with Gasteiger partial charge in [-0.2, -0.15) is 0 Å². The highest BCUT2D eigenvalue weighted by Crippen LogP contribution is 2.26. The Morgan fingerprint density at radius 2 is 2.32 bits per heavy atom. The van der Waals surface area contributed by atoms with Crippen LogP contribution in [0.5, 0.6) is 5.75 Å². The molecule has 1 N–H and O–H groups in total. The molecule has 104 valence electrons. The van der Waals surface area contributed by atoms with Crippen molar-refractivity contribution in [1.29, 1.82) is 0 Å².